The molecule has 0 aliphatic heterocycles. The van der Waals surface area contributed by atoms with Crippen molar-refractivity contribution < 1.29 is 25.5 Å². The van der Waals surface area contributed by atoms with E-state index in [4.69, 9.17) is 4.74 Å². The van der Waals surface area contributed by atoms with E-state index >= 15 is 0 Å². The minimum absolute atomic E-state index is 0.229. The summed E-state index contributed by atoms with van der Waals surface area (Å²) in [4.78, 5) is 0. The zero-order valence-electron chi connectivity index (χ0n) is 9.20. The van der Waals surface area contributed by atoms with Gasteiger partial charge >= 0.3 is 30.0 Å². The Balaban J connectivity index is 0.000000686. The van der Waals surface area contributed by atoms with Crippen molar-refractivity contribution in [1.29, 1.82) is 0 Å². The molecule has 1 nitrogen and oxygen atoms in total. The summed E-state index contributed by atoms with van der Waals surface area (Å²) in [5.41, 5.74) is 0.551. The summed E-state index contributed by atoms with van der Waals surface area (Å²) in [6.45, 7) is 0.229. The van der Waals surface area contributed by atoms with Crippen LogP contribution in [0.4, 0.5) is 4.39 Å². The third-order valence-electron chi connectivity index (χ3n) is 2.02. The van der Waals surface area contributed by atoms with Crippen LogP contribution >= 0.6 is 13.6 Å². The van der Waals surface area contributed by atoms with Gasteiger partial charge < -0.3 is 4.74 Å². The molecule has 0 aliphatic rings. The van der Waals surface area contributed by atoms with Crippen molar-refractivity contribution in [2.45, 2.75) is 6.61 Å². The van der Waals surface area contributed by atoms with E-state index in [2.05, 4.69) is 19.7 Å². The van der Waals surface area contributed by atoms with Gasteiger partial charge in [0.25, 0.3) is 0 Å². The van der Waals surface area contributed by atoms with Gasteiger partial charge in [0.2, 0.25) is 0 Å². The average Bonchev–Trinajstić information content (AvgIpc) is 2.41. The van der Waals surface area contributed by atoms with Gasteiger partial charge in [0.15, 0.2) is 0 Å². The molecule has 0 amide bonds. The molecule has 0 N–H and O–H groups in total. The molecule has 0 aromatic heterocycles. The molecule has 0 saturated heterocycles. The minimum atomic E-state index is -0.242. The van der Waals surface area contributed by atoms with Crippen molar-refractivity contribution in [1.82, 2.24) is 0 Å². The Morgan fingerprint density at radius 2 is 1.82 bits per heavy atom. The third-order valence-corrected chi connectivity index (χ3v) is 2.02. The molecular formula is C13H10BrFOZn. The number of benzene rings is 2. The van der Waals surface area contributed by atoms with Crippen LogP contribution in [0.3, 0.4) is 0 Å². The molecule has 0 unspecified atom stereocenters. The Morgan fingerprint density at radius 1 is 1.12 bits per heavy atom. The molecule has 0 aliphatic carbocycles. The topological polar surface area (TPSA) is 9.23 Å². The molecule has 4 heteroatoms. The summed E-state index contributed by atoms with van der Waals surface area (Å²) in [7, 11) is 0. The van der Waals surface area contributed by atoms with Crippen LogP contribution in [0.2, 0.25) is 0 Å². The van der Waals surface area contributed by atoms with Crippen molar-refractivity contribution in [3.05, 3.63) is 66.0 Å². The molecule has 0 atom stereocenters. The first-order valence-electron chi connectivity index (χ1n) is 4.96. The fraction of sp³-hybridized carbons (Fsp3) is 0.0769. The van der Waals surface area contributed by atoms with Gasteiger partial charge in [0, 0.05) is 11.3 Å². The van der Waals surface area contributed by atoms with Crippen LogP contribution < -0.4 is 4.74 Å². The van der Waals surface area contributed by atoms with Crippen LogP contribution in [-0.4, -0.2) is 0 Å². The van der Waals surface area contributed by atoms with E-state index in [1.165, 1.54) is 22.4 Å². The van der Waals surface area contributed by atoms with Crippen molar-refractivity contribution >= 4 is 13.6 Å². The molecule has 0 radical (unpaired) electrons. The number of rotatable bonds is 3. The van der Waals surface area contributed by atoms with E-state index in [1.54, 1.807) is 30.3 Å². The van der Waals surface area contributed by atoms with Gasteiger partial charge in [-0.25, -0.2) is 4.39 Å². The van der Waals surface area contributed by atoms with Crippen molar-refractivity contribution in [3.8, 4) is 5.75 Å². The van der Waals surface area contributed by atoms with Crippen LogP contribution in [0.1, 0.15) is 5.56 Å². The second-order valence-electron chi connectivity index (χ2n) is 3.11. The molecule has 17 heavy (non-hydrogen) atoms. The monoisotopic (exact) mass is 344 g/mol. The van der Waals surface area contributed by atoms with Gasteiger partial charge in [-0.15, -0.1) is 12.1 Å². The zero-order chi connectivity index (χ0) is 12.5. The zero-order valence-corrected chi connectivity index (χ0v) is 13.8. The Morgan fingerprint density at radius 3 is 2.47 bits per heavy atom. The first-order chi connectivity index (χ1) is 8.36. The number of halogens is 2. The second-order valence-corrected chi connectivity index (χ2v) is 3.11. The van der Waals surface area contributed by atoms with E-state index in [1.807, 2.05) is 12.1 Å². The number of hydrogen-bond donors (Lipinski definition) is 0. The van der Waals surface area contributed by atoms with Crippen molar-refractivity contribution in [2.24, 2.45) is 0 Å². The Kier molecular flexibility index (Phi) is 7.06. The van der Waals surface area contributed by atoms with Gasteiger partial charge in [-0.2, -0.15) is 18.2 Å². The average molecular weight is 347 g/mol. The predicted octanol–water partition coefficient (Wildman–Crippen LogP) is 4.05. The fourth-order valence-electron chi connectivity index (χ4n) is 1.24. The van der Waals surface area contributed by atoms with E-state index in [-0.39, 0.29) is 12.4 Å². The number of hydrogen-bond acceptors (Lipinski definition) is 1. The summed E-state index contributed by atoms with van der Waals surface area (Å²) < 4.78 is 18.6. The standard InChI is InChI=1S/C13H10FO.BrH.Zn/c14-13-9-5-4-6-11(13)10-15-12-7-2-1-3-8-12;;/h1-7,9H,10H2;1H;/q-1;;+2/p-1. The first kappa shape index (κ1) is 14.3. The Bertz CT molecular complexity index is 436. The first-order valence-corrected chi connectivity index (χ1v) is 11.9. The molecular weight excluding hydrogens is 336 g/mol. The summed E-state index contributed by atoms with van der Waals surface area (Å²) >= 11 is 4.25. The Hall–Kier alpha value is -0.727. The van der Waals surface area contributed by atoms with E-state index < -0.39 is 0 Å². The van der Waals surface area contributed by atoms with Gasteiger partial charge in [0.05, 0.1) is 0 Å². The molecule has 0 spiro atoms. The third kappa shape index (κ3) is 4.97. The molecule has 2 rings (SSSR count). The van der Waals surface area contributed by atoms with E-state index in [0.29, 0.717) is 11.3 Å². The van der Waals surface area contributed by atoms with Crippen LogP contribution in [-0.2, 0) is 22.9 Å². The van der Waals surface area contributed by atoms with Crippen LogP contribution in [0.25, 0.3) is 0 Å². The molecule has 0 fully saturated rings. The number of ether oxygens (including phenoxy) is 1. The second kappa shape index (κ2) is 8.38. The maximum absolute atomic E-state index is 13.2. The normalized spacial score (nSPS) is 9.18. The molecule has 0 bridgehead atoms. The van der Waals surface area contributed by atoms with E-state index in [9.17, 15) is 4.39 Å². The van der Waals surface area contributed by atoms with Crippen LogP contribution in [0, 0.1) is 11.9 Å². The van der Waals surface area contributed by atoms with Gasteiger partial charge in [-0.1, -0.05) is 18.2 Å². The summed E-state index contributed by atoms with van der Waals surface area (Å²) in [6.07, 6.45) is 0. The maximum atomic E-state index is 13.2. The van der Waals surface area contributed by atoms with Crippen LogP contribution in [0.5, 0.6) is 5.75 Å². The van der Waals surface area contributed by atoms with E-state index in [0.717, 1.165) is 0 Å². The SMILES string of the molecule is Fc1ccccc1COc1[c-]cccc1.[Zn+][Br]. The van der Waals surface area contributed by atoms with Gasteiger partial charge in [0.1, 0.15) is 12.4 Å². The summed E-state index contributed by atoms with van der Waals surface area (Å²) in [5, 5.41) is 0. The van der Waals surface area contributed by atoms with Crippen LogP contribution in [0.15, 0.2) is 48.5 Å². The van der Waals surface area contributed by atoms with Gasteiger partial charge in [-0.3, -0.25) is 0 Å². The fourth-order valence-corrected chi connectivity index (χ4v) is 1.24. The summed E-state index contributed by atoms with van der Waals surface area (Å²) in [5.74, 6) is 0.384. The number of para-hydroxylation sites is 1. The van der Waals surface area contributed by atoms with Gasteiger partial charge in [-0.05, 0) is 6.07 Å². The quantitative estimate of drug-likeness (QED) is 0.602. The molecule has 0 heterocycles. The molecule has 84 valence electrons. The molecule has 2 aromatic carbocycles. The van der Waals surface area contributed by atoms with Crippen molar-refractivity contribution in [3.63, 3.8) is 0 Å². The van der Waals surface area contributed by atoms with Crippen molar-refractivity contribution in [2.75, 3.05) is 0 Å². The summed E-state index contributed by atoms with van der Waals surface area (Å²) in [6, 6.07) is 16.8. The predicted molar refractivity (Wildman–Crippen MR) is 64.9 cm³/mol. The molecule has 0 saturated carbocycles. The Labute approximate surface area is 117 Å². The molecule has 2 aromatic rings.